The lowest BCUT2D eigenvalue weighted by atomic mass is 9.95. The molecule has 0 unspecified atom stereocenters. The number of nitrogens with zero attached hydrogens (tertiary/aromatic N) is 1. The molecule has 0 bridgehead atoms. The van der Waals surface area contributed by atoms with Crippen LogP contribution in [0.5, 0.6) is 0 Å². The van der Waals surface area contributed by atoms with Crippen LogP contribution in [0.15, 0.2) is 47.1 Å². The van der Waals surface area contributed by atoms with Crippen LogP contribution in [0.4, 0.5) is 11.5 Å². The molecule has 23 heavy (non-hydrogen) atoms. The molecule has 0 spiro atoms. The first-order chi connectivity index (χ1) is 11.2. The van der Waals surface area contributed by atoms with Crippen molar-refractivity contribution in [3.05, 3.63) is 52.6 Å². The molecule has 1 aromatic heterocycles. The molecule has 4 nitrogen and oxygen atoms in total. The molecular weight excluding hydrogens is 354 g/mol. The van der Waals surface area contributed by atoms with E-state index in [2.05, 4.69) is 31.5 Å². The van der Waals surface area contributed by atoms with Crippen LogP contribution < -0.4 is 10.6 Å². The molecule has 1 aromatic carbocycles. The summed E-state index contributed by atoms with van der Waals surface area (Å²) < 4.78 is 0.978. The van der Waals surface area contributed by atoms with E-state index in [-0.39, 0.29) is 11.9 Å². The Morgan fingerprint density at radius 2 is 1.96 bits per heavy atom. The number of benzene rings is 1. The highest BCUT2D eigenvalue weighted by atomic mass is 79.9. The molecule has 1 amide bonds. The van der Waals surface area contributed by atoms with Gasteiger partial charge >= 0.3 is 0 Å². The van der Waals surface area contributed by atoms with Gasteiger partial charge in [0.2, 0.25) is 0 Å². The zero-order valence-corrected chi connectivity index (χ0v) is 14.5. The van der Waals surface area contributed by atoms with Crippen LogP contribution in [0.25, 0.3) is 0 Å². The van der Waals surface area contributed by atoms with E-state index < -0.39 is 0 Å². The second kappa shape index (κ2) is 7.59. The number of nitrogens with one attached hydrogen (secondary N) is 2. The first-order valence-electron chi connectivity index (χ1n) is 8.01. The number of pyridine rings is 1. The van der Waals surface area contributed by atoms with Gasteiger partial charge in [-0.25, -0.2) is 4.98 Å². The highest BCUT2D eigenvalue weighted by Gasteiger charge is 2.19. The number of carbonyl (C=O) groups is 1. The highest BCUT2D eigenvalue weighted by molar-refractivity contribution is 9.10. The molecule has 1 saturated carbocycles. The van der Waals surface area contributed by atoms with Crippen molar-refractivity contribution in [2.45, 2.75) is 38.1 Å². The quantitative estimate of drug-likeness (QED) is 0.819. The van der Waals surface area contributed by atoms with Crippen molar-refractivity contribution in [3.8, 4) is 0 Å². The van der Waals surface area contributed by atoms with E-state index in [0.717, 1.165) is 23.0 Å². The third-order valence-electron chi connectivity index (χ3n) is 4.08. The number of anilines is 2. The Kier molecular flexibility index (Phi) is 5.28. The van der Waals surface area contributed by atoms with Gasteiger partial charge in [0.25, 0.3) is 5.91 Å². The minimum Gasteiger partial charge on any atom is -0.349 e. The monoisotopic (exact) mass is 373 g/mol. The lowest BCUT2D eigenvalue weighted by Crippen LogP contribution is -2.36. The van der Waals surface area contributed by atoms with E-state index in [9.17, 15) is 4.79 Å². The summed E-state index contributed by atoms with van der Waals surface area (Å²) in [5, 5.41) is 6.37. The van der Waals surface area contributed by atoms with Crippen molar-refractivity contribution in [2.24, 2.45) is 0 Å². The molecule has 3 rings (SSSR count). The highest BCUT2D eigenvalue weighted by Crippen LogP contribution is 2.23. The van der Waals surface area contributed by atoms with Crippen molar-refractivity contribution in [1.29, 1.82) is 0 Å². The van der Waals surface area contributed by atoms with Gasteiger partial charge in [0, 0.05) is 22.4 Å². The minimum atomic E-state index is -0.0532. The summed E-state index contributed by atoms with van der Waals surface area (Å²) in [5.41, 5.74) is 1.47. The van der Waals surface area contributed by atoms with Gasteiger partial charge in [-0.15, -0.1) is 0 Å². The summed E-state index contributed by atoms with van der Waals surface area (Å²) in [7, 11) is 0. The van der Waals surface area contributed by atoms with Crippen LogP contribution in [-0.4, -0.2) is 16.9 Å². The number of halogens is 1. The predicted octanol–water partition coefficient (Wildman–Crippen LogP) is 4.65. The summed E-state index contributed by atoms with van der Waals surface area (Å²) in [6.07, 6.45) is 7.50. The molecule has 1 heterocycles. The molecule has 120 valence electrons. The minimum absolute atomic E-state index is 0.0532. The second-order valence-corrected chi connectivity index (χ2v) is 6.76. The molecule has 1 aliphatic carbocycles. The molecule has 2 N–H and O–H groups in total. The van der Waals surface area contributed by atoms with E-state index in [1.54, 1.807) is 12.3 Å². The van der Waals surface area contributed by atoms with Crippen LogP contribution in [-0.2, 0) is 0 Å². The largest absolute Gasteiger partial charge is 0.349 e. The van der Waals surface area contributed by atoms with Crippen LogP contribution in [0.3, 0.4) is 0 Å². The van der Waals surface area contributed by atoms with E-state index in [1.807, 2.05) is 30.3 Å². The lowest BCUT2D eigenvalue weighted by molar-refractivity contribution is 0.0928. The van der Waals surface area contributed by atoms with Crippen LogP contribution in [0.2, 0.25) is 0 Å². The van der Waals surface area contributed by atoms with Gasteiger partial charge in [-0.3, -0.25) is 4.79 Å². The number of carbonyl (C=O) groups excluding carboxylic acids is 1. The average Bonchev–Trinajstić information content (AvgIpc) is 2.56. The van der Waals surface area contributed by atoms with Gasteiger partial charge in [0.15, 0.2) is 0 Å². The van der Waals surface area contributed by atoms with Crippen molar-refractivity contribution >= 4 is 33.3 Å². The number of rotatable bonds is 4. The number of amides is 1. The Balaban J connectivity index is 1.75. The Hall–Kier alpha value is -1.88. The fourth-order valence-corrected chi connectivity index (χ4v) is 3.30. The summed E-state index contributed by atoms with van der Waals surface area (Å²) in [5.74, 6) is 0.529. The maximum Gasteiger partial charge on any atom is 0.255 e. The number of hydrogen-bond donors (Lipinski definition) is 2. The van der Waals surface area contributed by atoms with E-state index in [4.69, 9.17) is 0 Å². The zero-order valence-electron chi connectivity index (χ0n) is 12.9. The molecule has 0 radical (unpaired) electrons. The van der Waals surface area contributed by atoms with Crippen LogP contribution in [0, 0.1) is 0 Å². The first-order valence-corrected chi connectivity index (χ1v) is 8.80. The average molecular weight is 374 g/mol. The normalized spacial score (nSPS) is 15.2. The van der Waals surface area contributed by atoms with Crippen molar-refractivity contribution in [1.82, 2.24) is 10.3 Å². The standard InChI is InChI=1S/C18H20BrN3O/c19-13-6-4-9-15(12-13)21-17-16(10-5-11-20-17)18(23)22-14-7-2-1-3-8-14/h4-6,9-12,14H,1-3,7-8H2,(H,20,21)(H,22,23). The SMILES string of the molecule is O=C(NC1CCCCC1)c1cccnc1Nc1cccc(Br)c1. The molecule has 0 aliphatic heterocycles. The third-order valence-corrected chi connectivity index (χ3v) is 4.57. The Bertz CT molecular complexity index is 683. The smallest absolute Gasteiger partial charge is 0.255 e. The van der Waals surface area contributed by atoms with Crippen LogP contribution >= 0.6 is 15.9 Å². The fraction of sp³-hybridized carbons (Fsp3) is 0.333. The summed E-state index contributed by atoms with van der Waals surface area (Å²) in [4.78, 5) is 16.9. The third kappa shape index (κ3) is 4.32. The van der Waals surface area contributed by atoms with Crippen LogP contribution in [0.1, 0.15) is 42.5 Å². The van der Waals surface area contributed by atoms with E-state index in [1.165, 1.54) is 19.3 Å². The Morgan fingerprint density at radius 3 is 2.74 bits per heavy atom. The lowest BCUT2D eigenvalue weighted by Gasteiger charge is -2.23. The van der Waals surface area contributed by atoms with Crippen molar-refractivity contribution in [3.63, 3.8) is 0 Å². The predicted molar refractivity (Wildman–Crippen MR) is 96.0 cm³/mol. The topological polar surface area (TPSA) is 54.0 Å². The van der Waals surface area contributed by atoms with E-state index >= 15 is 0 Å². The van der Waals surface area contributed by atoms with E-state index in [0.29, 0.717) is 11.4 Å². The molecular formula is C18H20BrN3O. The van der Waals surface area contributed by atoms with Gasteiger partial charge < -0.3 is 10.6 Å². The maximum atomic E-state index is 12.6. The molecule has 0 saturated heterocycles. The zero-order chi connectivity index (χ0) is 16.1. The molecule has 5 heteroatoms. The number of hydrogen-bond acceptors (Lipinski definition) is 3. The fourth-order valence-electron chi connectivity index (χ4n) is 2.90. The summed E-state index contributed by atoms with van der Waals surface area (Å²) in [6.45, 7) is 0. The second-order valence-electron chi connectivity index (χ2n) is 5.84. The van der Waals surface area contributed by atoms with Gasteiger partial charge in [-0.2, -0.15) is 0 Å². The molecule has 1 aliphatic rings. The van der Waals surface area contributed by atoms with Crippen molar-refractivity contribution < 1.29 is 4.79 Å². The maximum absolute atomic E-state index is 12.6. The summed E-state index contributed by atoms with van der Waals surface area (Å²) in [6, 6.07) is 11.7. The number of aromatic nitrogens is 1. The van der Waals surface area contributed by atoms with Gasteiger partial charge in [-0.05, 0) is 43.2 Å². The van der Waals surface area contributed by atoms with Crippen molar-refractivity contribution in [2.75, 3.05) is 5.32 Å². The first kappa shape index (κ1) is 16.0. The molecule has 1 fully saturated rings. The van der Waals surface area contributed by atoms with Gasteiger partial charge in [-0.1, -0.05) is 41.3 Å². The molecule has 2 aromatic rings. The summed E-state index contributed by atoms with van der Waals surface area (Å²) >= 11 is 3.45. The molecule has 0 atom stereocenters. The van der Waals surface area contributed by atoms with Gasteiger partial charge in [0.05, 0.1) is 5.56 Å². The Labute approximate surface area is 144 Å². The van der Waals surface area contributed by atoms with Gasteiger partial charge in [0.1, 0.15) is 5.82 Å². The Morgan fingerprint density at radius 1 is 1.13 bits per heavy atom.